The molecule has 31 heavy (non-hydrogen) atoms. The molecule has 0 bridgehead atoms. The Bertz CT molecular complexity index is 887. The van der Waals surface area contributed by atoms with Crippen LogP contribution in [0.25, 0.3) is 0 Å². The highest BCUT2D eigenvalue weighted by atomic mass is 19.1. The molecular weight excluding hydrogens is 403 g/mol. The third kappa shape index (κ3) is 5.32. The fourth-order valence-electron chi connectivity index (χ4n) is 3.84. The van der Waals surface area contributed by atoms with Gasteiger partial charge in [-0.25, -0.2) is 4.39 Å². The molecule has 7 nitrogen and oxygen atoms in total. The highest BCUT2D eigenvalue weighted by molar-refractivity contribution is 5.89. The van der Waals surface area contributed by atoms with E-state index in [0.717, 1.165) is 0 Å². The molecule has 2 fully saturated rings. The van der Waals surface area contributed by atoms with E-state index in [9.17, 15) is 14.0 Å². The Morgan fingerprint density at radius 1 is 1.00 bits per heavy atom. The number of nitrogens with zero attached hydrogens (tertiary/aromatic N) is 2. The van der Waals surface area contributed by atoms with Gasteiger partial charge in [0.25, 0.3) is 5.91 Å². The van der Waals surface area contributed by atoms with Crippen molar-refractivity contribution in [3.8, 4) is 11.5 Å². The molecule has 0 aliphatic carbocycles. The molecule has 2 aliphatic rings. The average molecular weight is 428 g/mol. The van der Waals surface area contributed by atoms with Crippen molar-refractivity contribution in [2.75, 3.05) is 39.5 Å². The standard InChI is InChI=1S/C23H25FN2O5/c24-17-6-8-18(9-7-17)30-16-22(27)26-15-20(31-19-4-2-1-3-5-19)14-21(26)23(28)25-10-12-29-13-11-25/h1-9,20-21H,10-16H2/t20-,21-/m0/s1. The fraction of sp³-hybridized carbons (Fsp3) is 0.391. The molecule has 2 heterocycles. The van der Waals surface area contributed by atoms with Crippen molar-refractivity contribution in [1.29, 1.82) is 0 Å². The van der Waals surface area contributed by atoms with Crippen molar-refractivity contribution in [3.63, 3.8) is 0 Å². The van der Waals surface area contributed by atoms with E-state index in [2.05, 4.69) is 0 Å². The van der Waals surface area contributed by atoms with Crippen LogP contribution in [-0.4, -0.2) is 73.2 Å². The number of rotatable bonds is 6. The van der Waals surface area contributed by atoms with Gasteiger partial charge in [0.1, 0.15) is 29.5 Å². The van der Waals surface area contributed by atoms with Gasteiger partial charge in [-0.1, -0.05) is 18.2 Å². The van der Waals surface area contributed by atoms with Gasteiger partial charge in [-0.15, -0.1) is 0 Å². The van der Waals surface area contributed by atoms with Gasteiger partial charge in [-0.2, -0.15) is 0 Å². The highest BCUT2D eigenvalue weighted by Crippen LogP contribution is 2.25. The van der Waals surface area contributed by atoms with E-state index in [1.165, 1.54) is 29.2 Å². The summed E-state index contributed by atoms with van der Waals surface area (Å²) in [6.45, 7) is 2.05. The van der Waals surface area contributed by atoms with E-state index in [1.807, 2.05) is 30.3 Å². The van der Waals surface area contributed by atoms with Gasteiger partial charge in [0, 0.05) is 19.5 Å². The summed E-state index contributed by atoms with van der Waals surface area (Å²) in [6.07, 6.45) is 0.111. The van der Waals surface area contributed by atoms with Gasteiger partial charge in [0.15, 0.2) is 6.61 Å². The fourth-order valence-corrected chi connectivity index (χ4v) is 3.84. The van der Waals surface area contributed by atoms with Crippen LogP contribution in [0.3, 0.4) is 0 Å². The minimum atomic E-state index is -0.615. The molecule has 0 radical (unpaired) electrons. The Labute approximate surface area is 180 Å². The molecule has 2 atom stereocenters. The normalized spacial score (nSPS) is 21.1. The van der Waals surface area contributed by atoms with Crippen LogP contribution < -0.4 is 9.47 Å². The van der Waals surface area contributed by atoms with E-state index in [4.69, 9.17) is 14.2 Å². The number of halogens is 1. The zero-order valence-corrected chi connectivity index (χ0v) is 17.1. The number of likely N-dealkylation sites (tertiary alicyclic amines) is 1. The van der Waals surface area contributed by atoms with Gasteiger partial charge in [0.05, 0.1) is 19.8 Å². The van der Waals surface area contributed by atoms with Gasteiger partial charge >= 0.3 is 0 Å². The van der Waals surface area contributed by atoms with Crippen LogP contribution >= 0.6 is 0 Å². The summed E-state index contributed by atoms with van der Waals surface area (Å²) in [6, 6.07) is 14.2. The molecule has 0 aromatic heterocycles. The highest BCUT2D eigenvalue weighted by Gasteiger charge is 2.42. The minimum Gasteiger partial charge on any atom is -0.488 e. The number of benzene rings is 2. The number of carbonyl (C=O) groups is 2. The maximum atomic E-state index is 13.2. The first-order chi connectivity index (χ1) is 15.1. The summed E-state index contributed by atoms with van der Waals surface area (Å²) < 4.78 is 30.0. The molecule has 0 unspecified atom stereocenters. The van der Waals surface area contributed by atoms with Crippen molar-refractivity contribution < 1.29 is 28.2 Å². The van der Waals surface area contributed by atoms with Crippen LogP contribution in [0.2, 0.25) is 0 Å². The molecule has 2 saturated heterocycles. The molecule has 0 N–H and O–H groups in total. The number of amides is 2. The predicted molar refractivity (Wildman–Crippen MR) is 110 cm³/mol. The number of para-hydroxylation sites is 1. The lowest BCUT2D eigenvalue weighted by atomic mass is 10.1. The molecule has 164 valence electrons. The zero-order valence-electron chi connectivity index (χ0n) is 17.1. The number of carbonyl (C=O) groups excluding carboxylic acids is 2. The van der Waals surface area contributed by atoms with E-state index < -0.39 is 6.04 Å². The van der Waals surface area contributed by atoms with Gasteiger partial charge in [-0.3, -0.25) is 9.59 Å². The zero-order chi connectivity index (χ0) is 21.6. The number of ether oxygens (including phenoxy) is 3. The SMILES string of the molecule is O=C([C@@H]1C[C@H](Oc2ccccc2)CN1C(=O)COc1ccc(F)cc1)N1CCOCC1. The van der Waals surface area contributed by atoms with Crippen molar-refractivity contribution in [2.24, 2.45) is 0 Å². The first-order valence-electron chi connectivity index (χ1n) is 10.4. The Morgan fingerprint density at radius 2 is 1.71 bits per heavy atom. The third-order valence-corrected chi connectivity index (χ3v) is 5.41. The van der Waals surface area contributed by atoms with E-state index in [0.29, 0.717) is 50.8 Å². The Kier molecular flexibility index (Phi) is 6.66. The Morgan fingerprint density at radius 3 is 2.42 bits per heavy atom. The number of hydrogen-bond acceptors (Lipinski definition) is 5. The minimum absolute atomic E-state index is 0.0995. The maximum Gasteiger partial charge on any atom is 0.261 e. The van der Waals surface area contributed by atoms with Gasteiger partial charge in [-0.05, 0) is 36.4 Å². The summed E-state index contributed by atoms with van der Waals surface area (Å²) in [5.41, 5.74) is 0. The second-order valence-corrected chi connectivity index (χ2v) is 7.53. The first-order valence-corrected chi connectivity index (χ1v) is 10.4. The molecule has 2 amide bonds. The average Bonchev–Trinajstić information content (AvgIpc) is 3.23. The molecule has 4 rings (SSSR count). The summed E-state index contributed by atoms with van der Waals surface area (Å²) in [7, 11) is 0. The van der Waals surface area contributed by atoms with Gasteiger partial charge in [0.2, 0.25) is 5.91 Å². The largest absolute Gasteiger partial charge is 0.488 e. The smallest absolute Gasteiger partial charge is 0.261 e. The first kappa shape index (κ1) is 21.1. The molecule has 8 heteroatoms. The van der Waals surface area contributed by atoms with Crippen molar-refractivity contribution in [2.45, 2.75) is 18.6 Å². The lowest BCUT2D eigenvalue weighted by Crippen LogP contribution is -2.51. The van der Waals surface area contributed by atoms with Crippen LogP contribution in [0.15, 0.2) is 54.6 Å². The number of hydrogen-bond donors (Lipinski definition) is 0. The molecular formula is C23H25FN2O5. The van der Waals surface area contributed by atoms with Crippen LogP contribution in [-0.2, 0) is 14.3 Å². The summed E-state index contributed by atoms with van der Waals surface area (Å²) in [5.74, 6) is 0.298. The lowest BCUT2D eigenvalue weighted by molar-refractivity contribution is -0.147. The third-order valence-electron chi connectivity index (χ3n) is 5.41. The van der Waals surface area contributed by atoms with Crippen LogP contribution in [0.1, 0.15) is 6.42 Å². The van der Waals surface area contributed by atoms with Crippen LogP contribution in [0.4, 0.5) is 4.39 Å². The summed E-state index contributed by atoms with van der Waals surface area (Å²) in [5, 5.41) is 0. The molecule has 2 aromatic carbocycles. The second kappa shape index (κ2) is 9.78. The monoisotopic (exact) mass is 428 g/mol. The van der Waals surface area contributed by atoms with Crippen molar-refractivity contribution >= 4 is 11.8 Å². The molecule has 2 aliphatic heterocycles. The Hall–Kier alpha value is -3.13. The summed E-state index contributed by atoms with van der Waals surface area (Å²) in [4.78, 5) is 29.4. The Balaban J connectivity index is 1.44. The van der Waals surface area contributed by atoms with Crippen molar-refractivity contribution in [1.82, 2.24) is 9.80 Å². The molecule has 0 spiro atoms. The predicted octanol–water partition coefficient (Wildman–Crippen LogP) is 2.11. The molecule has 0 saturated carbocycles. The number of morpholine rings is 1. The van der Waals surface area contributed by atoms with E-state index in [1.54, 1.807) is 4.90 Å². The molecule has 2 aromatic rings. The quantitative estimate of drug-likeness (QED) is 0.705. The maximum absolute atomic E-state index is 13.2. The van der Waals surface area contributed by atoms with Gasteiger partial charge < -0.3 is 24.0 Å². The van der Waals surface area contributed by atoms with E-state index in [-0.39, 0.29) is 30.3 Å². The second-order valence-electron chi connectivity index (χ2n) is 7.53. The van der Waals surface area contributed by atoms with E-state index >= 15 is 0 Å². The van der Waals surface area contributed by atoms with Crippen LogP contribution in [0, 0.1) is 5.82 Å². The summed E-state index contributed by atoms with van der Waals surface area (Å²) >= 11 is 0. The topological polar surface area (TPSA) is 68.3 Å². The van der Waals surface area contributed by atoms with Crippen LogP contribution in [0.5, 0.6) is 11.5 Å². The lowest BCUT2D eigenvalue weighted by Gasteiger charge is -2.32. The van der Waals surface area contributed by atoms with Crippen molar-refractivity contribution in [3.05, 3.63) is 60.4 Å².